The van der Waals surface area contributed by atoms with Crippen molar-refractivity contribution in [3.63, 3.8) is 0 Å². The van der Waals surface area contributed by atoms with Crippen LogP contribution in [0.1, 0.15) is 40.1 Å². The van der Waals surface area contributed by atoms with E-state index in [1.807, 2.05) is 70.5 Å². The van der Waals surface area contributed by atoms with Crippen molar-refractivity contribution in [2.24, 2.45) is 7.05 Å². The first-order chi connectivity index (χ1) is 21.3. The number of nitrogens with one attached hydrogen (secondary N) is 1. The van der Waals surface area contributed by atoms with Gasteiger partial charge in [-0.1, -0.05) is 30.1 Å². The van der Waals surface area contributed by atoms with Gasteiger partial charge in [-0.2, -0.15) is 0 Å². The molecule has 3 aromatic carbocycles. The van der Waals surface area contributed by atoms with Crippen molar-refractivity contribution in [1.82, 2.24) is 14.8 Å². The van der Waals surface area contributed by atoms with Crippen LogP contribution in [0.25, 0.3) is 33.2 Å². The second-order valence-electron chi connectivity index (χ2n) is 10.3. The average Bonchev–Trinajstić information content (AvgIpc) is 3.63. The fourth-order valence-electron chi connectivity index (χ4n) is 5.29. The van der Waals surface area contributed by atoms with Crippen molar-refractivity contribution in [2.75, 3.05) is 37.7 Å². The molecule has 2 aromatic heterocycles. The van der Waals surface area contributed by atoms with E-state index in [9.17, 15) is 14.0 Å². The Balaban J connectivity index is 0.000000197. The van der Waals surface area contributed by atoms with Gasteiger partial charge in [0.25, 0.3) is 11.8 Å². The number of likely N-dealkylation sites (tertiary alicyclic amines) is 1. The molecule has 1 aliphatic rings. The van der Waals surface area contributed by atoms with Crippen LogP contribution in [0.15, 0.2) is 77.2 Å². The molecule has 5 aromatic rings. The molecule has 228 valence electrons. The van der Waals surface area contributed by atoms with Gasteiger partial charge in [0.1, 0.15) is 22.9 Å². The second-order valence-corrected chi connectivity index (χ2v) is 11.2. The Morgan fingerprint density at radius 2 is 1.66 bits per heavy atom. The molecule has 1 aliphatic heterocycles. The van der Waals surface area contributed by atoms with Crippen LogP contribution >= 0.6 is 11.9 Å². The molecule has 0 atom stereocenters. The van der Waals surface area contributed by atoms with Crippen LogP contribution in [0.4, 0.5) is 10.1 Å². The summed E-state index contributed by atoms with van der Waals surface area (Å²) >= 11 is 1.58. The van der Waals surface area contributed by atoms with Crippen molar-refractivity contribution in [3.8, 4) is 24.2 Å². The molecule has 44 heavy (non-hydrogen) atoms. The number of fused-ring (bicyclic) bond motifs is 2. The van der Waals surface area contributed by atoms with Gasteiger partial charge >= 0.3 is 0 Å². The van der Waals surface area contributed by atoms with Gasteiger partial charge in [0, 0.05) is 68.4 Å². The molecule has 1 N–H and O–H groups in total. The van der Waals surface area contributed by atoms with Crippen LogP contribution in [0.2, 0.25) is 0 Å². The zero-order valence-corrected chi connectivity index (χ0v) is 26.3. The Bertz CT molecular complexity index is 1770. The van der Waals surface area contributed by atoms with E-state index in [0.29, 0.717) is 22.5 Å². The van der Waals surface area contributed by atoms with Crippen molar-refractivity contribution in [2.45, 2.75) is 19.3 Å². The van der Waals surface area contributed by atoms with Crippen LogP contribution < -0.4 is 9.62 Å². The zero-order valence-electron chi connectivity index (χ0n) is 25.5. The number of aryl methyl sites for hydroxylation is 1. The summed E-state index contributed by atoms with van der Waals surface area (Å²) in [6.07, 6.45) is 13.5. The van der Waals surface area contributed by atoms with Crippen molar-refractivity contribution in [1.29, 1.82) is 0 Å². The Morgan fingerprint density at radius 1 is 0.977 bits per heavy atom. The number of terminal acetylenes is 1. The molecule has 0 unspecified atom stereocenters. The van der Waals surface area contributed by atoms with Gasteiger partial charge in [-0.3, -0.25) is 9.59 Å². The third-order valence-corrected chi connectivity index (χ3v) is 8.44. The lowest BCUT2D eigenvalue weighted by molar-refractivity contribution is 0.0715. The number of para-hydroxylation sites is 1. The van der Waals surface area contributed by atoms with E-state index in [-0.39, 0.29) is 17.6 Å². The summed E-state index contributed by atoms with van der Waals surface area (Å²) in [6.45, 7) is 1.81. The maximum absolute atomic E-state index is 13.2. The number of hydrogen-bond acceptors (Lipinski definition) is 5. The standard InChI is InChI=1S/C18H17FN2O2S.C15H18N2O.C2H2/c1-20-18(22)16-14-9-8-13(21(2)24-3)10-15(14)23-17(16)11-4-6-12(19)7-5-11;1-16-13-8-4-3-7-12(13)11-14(16)15(18)17-9-5-2-6-10-17;1-2/h4-10H,1-3H3,(H,20,22);3-4,7-8,11H,2,5-6,9-10H2,1H3;1-2H. The number of carbonyl (C=O) groups excluding carboxylic acids is 2. The first-order valence-electron chi connectivity index (χ1n) is 14.3. The second kappa shape index (κ2) is 14.7. The van der Waals surface area contributed by atoms with E-state index in [4.69, 9.17) is 4.42 Å². The Hall–Kier alpha value is -4.68. The van der Waals surface area contributed by atoms with Gasteiger partial charge in [-0.15, -0.1) is 12.8 Å². The molecule has 0 radical (unpaired) electrons. The third-order valence-electron chi connectivity index (χ3n) is 7.69. The molecule has 0 bridgehead atoms. The highest BCUT2D eigenvalue weighted by atomic mass is 32.2. The molecule has 0 spiro atoms. The zero-order chi connectivity index (χ0) is 31.8. The average molecular weight is 613 g/mol. The number of nitrogens with zero attached hydrogens (tertiary/aromatic N) is 3. The van der Waals surface area contributed by atoms with Crippen molar-refractivity contribution >= 4 is 51.3 Å². The summed E-state index contributed by atoms with van der Waals surface area (Å²) in [7, 11) is 5.50. The minimum absolute atomic E-state index is 0.174. The maximum atomic E-state index is 13.2. The number of benzene rings is 3. The van der Waals surface area contributed by atoms with Gasteiger partial charge < -0.3 is 23.5 Å². The highest BCUT2D eigenvalue weighted by molar-refractivity contribution is 7.99. The van der Waals surface area contributed by atoms with Crippen LogP contribution in [-0.2, 0) is 7.05 Å². The lowest BCUT2D eigenvalue weighted by Crippen LogP contribution is -2.36. The topological polar surface area (TPSA) is 70.7 Å². The van der Waals surface area contributed by atoms with E-state index >= 15 is 0 Å². The number of aromatic nitrogens is 1. The number of carbonyl (C=O) groups is 2. The van der Waals surface area contributed by atoms with Crippen LogP contribution in [0.3, 0.4) is 0 Å². The molecule has 1 saturated heterocycles. The SMILES string of the molecule is C#C.CNC(=O)c1c(-c2ccc(F)cc2)oc2cc(N(C)SC)ccc12.Cn1c(C(=O)N2CCCCC2)cc2ccccc21. The molecule has 3 heterocycles. The number of anilines is 1. The molecule has 9 heteroatoms. The molecule has 1 fully saturated rings. The Morgan fingerprint density at radius 3 is 2.30 bits per heavy atom. The smallest absolute Gasteiger partial charge is 0.270 e. The lowest BCUT2D eigenvalue weighted by atomic mass is 10.0. The van der Waals surface area contributed by atoms with E-state index in [2.05, 4.69) is 30.3 Å². The fourth-order valence-corrected chi connectivity index (χ4v) is 5.62. The molecule has 2 amide bonds. The Labute approximate surface area is 262 Å². The van der Waals surface area contributed by atoms with E-state index in [1.165, 1.54) is 18.6 Å². The molecular weight excluding hydrogens is 575 g/mol. The predicted octanol–water partition coefficient (Wildman–Crippen LogP) is 7.37. The number of furan rings is 1. The number of rotatable bonds is 5. The minimum Gasteiger partial charge on any atom is -0.455 e. The first-order valence-corrected chi connectivity index (χ1v) is 15.5. The lowest BCUT2D eigenvalue weighted by Gasteiger charge is -2.26. The fraction of sp³-hybridized carbons (Fsp3) is 0.257. The molecule has 6 rings (SSSR count). The predicted molar refractivity (Wildman–Crippen MR) is 179 cm³/mol. The van der Waals surface area contributed by atoms with E-state index in [1.54, 1.807) is 31.1 Å². The number of piperidine rings is 1. The summed E-state index contributed by atoms with van der Waals surface area (Å²) in [5.74, 6) is 0.0426. The Kier molecular flexibility index (Phi) is 10.7. The molecular formula is C35H37FN4O3S. The van der Waals surface area contributed by atoms with Crippen LogP contribution in [0, 0.1) is 18.7 Å². The van der Waals surface area contributed by atoms with Gasteiger partial charge in [-0.05, 0) is 67.8 Å². The highest BCUT2D eigenvalue weighted by Gasteiger charge is 2.23. The summed E-state index contributed by atoms with van der Waals surface area (Å²) < 4.78 is 23.2. The van der Waals surface area contributed by atoms with Gasteiger partial charge in [0.2, 0.25) is 0 Å². The maximum Gasteiger partial charge on any atom is 0.270 e. The summed E-state index contributed by atoms with van der Waals surface area (Å²) in [5.41, 5.74) is 4.63. The molecule has 7 nitrogen and oxygen atoms in total. The largest absolute Gasteiger partial charge is 0.455 e. The van der Waals surface area contributed by atoms with Crippen molar-refractivity contribution in [3.05, 3.63) is 89.9 Å². The van der Waals surface area contributed by atoms with Crippen LogP contribution in [-0.4, -0.2) is 54.7 Å². The highest BCUT2D eigenvalue weighted by Crippen LogP contribution is 2.36. The normalized spacial score (nSPS) is 12.6. The first kappa shape index (κ1) is 32.2. The monoisotopic (exact) mass is 612 g/mol. The van der Waals surface area contributed by atoms with E-state index in [0.717, 1.165) is 53.6 Å². The molecule has 0 saturated carbocycles. The quantitative estimate of drug-likeness (QED) is 0.166. The number of amides is 2. The summed E-state index contributed by atoms with van der Waals surface area (Å²) in [4.78, 5) is 26.8. The van der Waals surface area contributed by atoms with Gasteiger partial charge in [-0.25, -0.2) is 4.39 Å². The third kappa shape index (κ3) is 6.76. The number of hydrogen-bond donors (Lipinski definition) is 1. The van der Waals surface area contributed by atoms with Gasteiger partial charge in [0.15, 0.2) is 0 Å². The minimum atomic E-state index is -0.333. The number of halogens is 1. The van der Waals surface area contributed by atoms with Crippen molar-refractivity contribution < 1.29 is 18.4 Å². The summed E-state index contributed by atoms with van der Waals surface area (Å²) in [6, 6.07) is 21.8. The summed E-state index contributed by atoms with van der Waals surface area (Å²) in [5, 5.41) is 4.51. The van der Waals surface area contributed by atoms with E-state index < -0.39 is 0 Å². The van der Waals surface area contributed by atoms with Crippen LogP contribution in [0.5, 0.6) is 0 Å². The van der Waals surface area contributed by atoms with Gasteiger partial charge in [0.05, 0.1) is 11.3 Å². The molecule has 0 aliphatic carbocycles.